The van der Waals surface area contributed by atoms with Gasteiger partial charge in [0.15, 0.2) is 0 Å². The van der Waals surface area contributed by atoms with E-state index in [9.17, 15) is 8.42 Å². The Morgan fingerprint density at radius 1 is 1.00 bits per heavy atom. The third-order valence-electron chi connectivity index (χ3n) is 8.53. The molecule has 2 aromatic carbocycles. The standard InChI is InChI=1S/C32H38N6O3S/c1-22-17-26(22)21-38(20-23-11-6-4-7-12-23)29-19-25(18-28(34-29)37(2)42(3,39)40)31-35-36-32(41-31)30-27(15-10-16-33-30)24-13-8-5-9-14-24/h4-9,11-14,18-19,22,26-27,30,33H,10,15-17,20-21H2,1-3H3/t22-,26+,27?,30?/m0/s1. The molecule has 10 heteroatoms. The highest BCUT2D eigenvalue weighted by Crippen LogP contribution is 2.41. The minimum atomic E-state index is -3.55. The molecule has 1 saturated carbocycles. The summed E-state index contributed by atoms with van der Waals surface area (Å²) in [5, 5.41) is 12.5. The maximum atomic E-state index is 12.6. The van der Waals surface area contributed by atoms with E-state index in [1.54, 1.807) is 6.07 Å². The smallest absolute Gasteiger partial charge is 0.248 e. The molecule has 0 radical (unpaired) electrons. The van der Waals surface area contributed by atoms with Crippen molar-refractivity contribution in [3.8, 4) is 11.5 Å². The minimum Gasteiger partial charge on any atom is -0.419 e. The van der Waals surface area contributed by atoms with E-state index in [0.29, 0.717) is 47.4 Å². The Bertz CT molecular complexity index is 1610. The fourth-order valence-electron chi connectivity index (χ4n) is 5.78. The lowest BCUT2D eigenvalue weighted by molar-refractivity contribution is 0.303. The molecule has 2 aromatic heterocycles. The number of hydrogen-bond donors (Lipinski definition) is 1. The Morgan fingerprint density at radius 2 is 1.69 bits per heavy atom. The van der Waals surface area contributed by atoms with Crippen LogP contribution in [0.5, 0.6) is 0 Å². The molecule has 2 fully saturated rings. The van der Waals surface area contributed by atoms with Crippen LogP contribution in [0.15, 0.2) is 77.2 Å². The topological polar surface area (TPSA) is 104 Å². The number of sulfonamides is 1. The molecule has 0 amide bonds. The third kappa shape index (κ3) is 6.34. The molecule has 0 bridgehead atoms. The summed E-state index contributed by atoms with van der Waals surface area (Å²) in [6.07, 6.45) is 4.45. The second-order valence-electron chi connectivity index (χ2n) is 11.7. The van der Waals surface area contributed by atoms with Crippen LogP contribution in [0.2, 0.25) is 0 Å². The van der Waals surface area contributed by atoms with Crippen molar-refractivity contribution in [2.45, 2.75) is 44.7 Å². The van der Waals surface area contributed by atoms with Crippen LogP contribution in [0.1, 0.15) is 55.2 Å². The van der Waals surface area contributed by atoms with Gasteiger partial charge in [0, 0.05) is 31.6 Å². The second kappa shape index (κ2) is 11.9. The van der Waals surface area contributed by atoms with Crippen molar-refractivity contribution in [1.82, 2.24) is 20.5 Å². The van der Waals surface area contributed by atoms with Crippen molar-refractivity contribution in [1.29, 1.82) is 0 Å². The molecule has 9 nitrogen and oxygen atoms in total. The van der Waals surface area contributed by atoms with Gasteiger partial charge in [-0.2, -0.15) is 0 Å². The minimum absolute atomic E-state index is 0.104. The maximum absolute atomic E-state index is 12.6. The van der Waals surface area contributed by atoms with Gasteiger partial charge >= 0.3 is 0 Å². The van der Waals surface area contributed by atoms with Crippen LogP contribution >= 0.6 is 0 Å². The quantitative estimate of drug-likeness (QED) is 0.264. The summed E-state index contributed by atoms with van der Waals surface area (Å²) in [4.78, 5) is 7.08. The first-order valence-electron chi connectivity index (χ1n) is 14.6. The fourth-order valence-corrected chi connectivity index (χ4v) is 6.22. The number of nitrogens with one attached hydrogen (secondary N) is 1. The maximum Gasteiger partial charge on any atom is 0.248 e. The largest absolute Gasteiger partial charge is 0.419 e. The van der Waals surface area contributed by atoms with Crippen molar-refractivity contribution < 1.29 is 12.8 Å². The Hall–Kier alpha value is -3.76. The molecule has 1 saturated heterocycles. The zero-order chi connectivity index (χ0) is 29.3. The van der Waals surface area contributed by atoms with Crippen LogP contribution in [0, 0.1) is 11.8 Å². The van der Waals surface area contributed by atoms with Gasteiger partial charge in [-0.3, -0.25) is 4.31 Å². The van der Waals surface area contributed by atoms with E-state index in [2.05, 4.69) is 63.7 Å². The molecule has 1 aliphatic carbocycles. The highest BCUT2D eigenvalue weighted by atomic mass is 32.2. The molecule has 2 aliphatic rings. The zero-order valence-electron chi connectivity index (χ0n) is 24.3. The van der Waals surface area contributed by atoms with E-state index >= 15 is 0 Å². The predicted molar refractivity (Wildman–Crippen MR) is 165 cm³/mol. The van der Waals surface area contributed by atoms with E-state index < -0.39 is 10.0 Å². The lowest BCUT2D eigenvalue weighted by Crippen LogP contribution is -2.33. The van der Waals surface area contributed by atoms with Crippen molar-refractivity contribution in [3.05, 3.63) is 89.8 Å². The number of piperidine rings is 1. The van der Waals surface area contributed by atoms with Gasteiger partial charge in [-0.05, 0) is 60.9 Å². The molecule has 0 spiro atoms. The number of benzene rings is 2. The first-order valence-corrected chi connectivity index (χ1v) is 16.5. The third-order valence-corrected chi connectivity index (χ3v) is 9.71. The Balaban J connectivity index is 1.38. The fraction of sp³-hybridized carbons (Fsp3) is 0.406. The molecule has 42 heavy (non-hydrogen) atoms. The number of anilines is 2. The number of aromatic nitrogens is 3. The van der Waals surface area contributed by atoms with E-state index in [0.717, 1.165) is 31.5 Å². The molecule has 2 unspecified atom stereocenters. The average molecular weight is 587 g/mol. The number of hydrogen-bond acceptors (Lipinski definition) is 8. The highest BCUT2D eigenvalue weighted by Gasteiger charge is 2.35. The monoisotopic (exact) mass is 586 g/mol. The predicted octanol–water partition coefficient (Wildman–Crippen LogP) is 5.40. The molecule has 220 valence electrons. The summed E-state index contributed by atoms with van der Waals surface area (Å²) in [6.45, 7) is 4.62. The first kappa shape index (κ1) is 28.4. The van der Waals surface area contributed by atoms with Crippen molar-refractivity contribution in [2.24, 2.45) is 11.8 Å². The summed E-state index contributed by atoms with van der Waals surface area (Å²) in [5.41, 5.74) is 3.04. The number of rotatable bonds is 10. The van der Waals surface area contributed by atoms with Gasteiger partial charge in [0.2, 0.25) is 21.8 Å². The van der Waals surface area contributed by atoms with E-state index in [4.69, 9.17) is 9.40 Å². The lowest BCUT2D eigenvalue weighted by Gasteiger charge is -2.30. The van der Waals surface area contributed by atoms with E-state index in [1.165, 1.54) is 29.6 Å². The normalized spacial score (nSPS) is 22.1. The van der Waals surface area contributed by atoms with Gasteiger partial charge in [-0.15, -0.1) is 10.2 Å². The Labute approximate surface area is 248 Å². The Morgan fingerprint density at radius 3 is 2.38 bits per heavy atom. The van der Waals surface area contributed by atoms with Crippen LogP contribution in [0.25, 0.3) is 11.5 Å². The van der Waals surface area contributed by atoms with Crippen LogP contribution < -0.4 is 14.5 Å². The molecule has 3 heterocycles. The van der Waals surface area contributed by atoms with Crippen molar-refractivity contribution >= 4 is 21.7 Å². The second-order valence-corrected chi connectivity index (χ2v) is 13.7. The molecule has 4 aromatic rings. The van der Waals surface area contributed by atoms with Gasteiger partial charge in [-0.25, -0.2) is 13.4 Å². The van der Waals surface area contributed by atoms with E-state index in [1.807, 2.05) is 30.3 Å². The van der Waals surface area contributed by atoms with Crippen molar-refractivity contribution in [2.75, 3.05) is 35.6 Å². The number of pyridine rings is 1. The van der Waals surface area contributed by atoms with E-state index in [-0.39, 0.29) is 12.0 Å². The summed E-state index contributed by atoms with van der Waals surface area (Å²) in [7, 11) is -2.03. The molecule has 1 N–H and O–H groups in total. The summed E-state index contributed by atoms with van der Waals surface area (Å²) in [6, 6.07) is 24.2. The molecular weight excluding hydrogens is 548 g/mol. The lowest BCUT2D eigenvalue weighted by atomic mass is 9.85. The first-order chi connectivity index (χ1) is 20.3. The molecular formula is C32H38N6O3S. The average Bonchev–Trinajstić information content (AvgIpc) is 3.48. The van der Waals surface area contributed by atoms with Crippen LogP contribution in [-0.4, -0.2) is 50.0 Å². The van der Waals surface area contributed by atoms with Gasteiger partial charge in [-0.1, -0.05) is 67.6 Å². The summed E-state index contributed by atoms with van der Waals surface area (Å²) >= 11 is 0. The SMILES string of the molecule is C[C@H]1C[C@@H]1CN(Cc1ccccc1)c1cc(-c2nnc(C3NCCCC3c3ccccc3)o2)cc(N(C)S(C)(=O)=O)n1. The van der Waals surface area contributed by atoms with Crippen LogP contribution in [-0.2, 0) is 16.6 Å². The number of nitrogens with zero attached hydrogens (tertiary/aromatic N) is 5. The van der Waals surface area contributed by atoms with Gasteiger partial charge < -0.3 is 14.6 Å². The highest BCUT2D eigenvalue weighted by molar-refractivity contribution is 7.92. The molecule has 1 aliphatic heterocycles. The summed E-state index contributed by atoms with van der Waals surface area (Å²) < 4.78 is 32.7. The van der Waals surface area contributed by atoms with Gasteiger partial charge in [0.1, 0.15) is 11.6 Å². The molecule has 4 atom stereocenters. The van der Waals surface area contributed by atoms with Gasteiger partial charge in [0.25, 0.3) is 0 Å². The van der Waals surface area contributed by atoms with Crippen LogP contribution in [0.4, 0.5) is 11.6 Å². The zero-order valence-corrected chi connectivity index (χ0v) is 25.2. The van der Waals surface area contributed by atoms with Gasteiger partial charge in [0.05, 0.1) is 12.3 Å². The Kier molecular flexibility index (Phi) is 8.00. The summed E-state index contributed by atoms with van der Waals surface area (Å²) in [5.74, 6) is 3.30. The van der Waals surface area contributed by atoms with Crippen molar-refractivity contribution in [3.63, 3.8) is 0 Å². The van der Waals surface area contributed by atoms with Crippen LogP contribution in [0.3, 0.4) is 0 Å². The molecule has 6 rings (SSSR count).